The van der Waals surface area contributed by atoms with Crippen molar-refractivity contribution in [2.24, 2.45) is 0 Å². The summed E-state index contributed by atoms with van der Waals surface area (Å²) in [5.41, 5.74) is 3.23. The number of urea groups is 1. The minimum Gasteiger partial charge on any atom is -0.497 e. The maximum Gasteiger partial charge on any atom is 0.326 e. The molecule has 4 aromatic rings. The van der Waals surface area contributed by atoms with E-state index in [2.05, 4.69) is 15.3 Å². The average Bonchev–Trinajstić information content (AvgIpc) is 2.92. The number of carbonyl (C=O) groups excluding carboxylic acids is 1. The van der Waals surface area contributed by atoms with Crippen LogP contribution in [0.4, 0.5) is 16.2 Å². The van der Waals surface area contributed by atoms with Crippen LogP contribution in [0.25, 0.3) is 10.9 Å². The van der Waals surface area contributed by atoms with E-state index < -0.39 is 0 Å². The SMILES string of the molecule is COc1cccc(NC(=O)N2CCCc3cc(Oc4ncnc5cc(OC)c(OC)cc45)ccc32)c1.[HH]. The molecular formula is C27H28N4O5. The molecule has 0 aliphatic carbocycles. The summed E-state index contributed by atoms with van der Waals surface area (Å²) in [6.45, 7) is 0.626. The molecule has 3 aromatic carbocycles. The first-order valence-corrected chi connectivity index (χ1v) is 11.5. The third-order valence-corrected chi connectivity index (χ3v) is 6.05. The minimum absolute atomic E-state index is 0. The summed E-state index contributed by atoms with van der Waals surface area (Å²) in [4.78, 5) is 23.5. The standard InChI is InChI=1S/C27H26N4O5.H2/c1-33-19-8-4-7-18(13-19)30-27(32)31-11-5-6-17-12-20(9-10-23(17)31)36-26-21-14-24(34-2)25(35-3)15-22(21)28-16-29-26;/h4,7-10,12-16H,5-6,11H2,1-3H3,(H,30,32);1H. The van der Waals surface area contributed by atoms with Crippen LogP contribution >= 0.6 is 0 Å². The highest BCUT2D eigenvalue weighted by molar-refractivity contribution is 6.02. The number of hydrogen-bond acceptors (Lipinski definition) is 7. The smallest absolute Gasteiger partial charge is 0.326 e. The van der Waals surface area contributed by atoms with Gasteiger partial charge in [-0.1, -0.05) is 6.07 Å². The highest BCUT2D eigenvalue weighted by atomic mass is 16.5. The molecule has 0 atom stereocenters. The molecule has 9 heteroatoms. The van der Waals surface area contributed by atoms with Crippen LogP contribution in [0.15, 0.2) is 60.9 Å². The molecule has 0 spiro atoms. The summed E-state index contributed by atoms with van der Waals surface area (Å²) in [6, 6.07) is 16.4. The molecule has 1 N–H and O–H groups in total. The first-order valence-electron chi connectivity index (χ1n) is 11.5. The van der Waals surface area contributed by atoms with Crippen LogP contribution in [0.1, 0.15) is 13.4 Å². The Morgan fingerprint density at radius 2 is 1.78 bits per heavy atom. The second-order valence-corrected chi connectivity index (χ2v) is 8.21. The van der Waals surface area contributed by atoms with Crippen LogP contribution in [0.3, 0.4) is 0 Å². The van der Waals surface area contributed by atoms with Crippen molar-refractivity contribution in [2.45, 2.75) is 12.8 Å². The Labute approximate surface area is 210 Å². The van der Waals surface area contributed by atoms with E-state index in [9.17, 15) is 4.79 Å². The molecule has 0 saturated heterocycles. The zero-order valence-electron chi connectivity index (χ0n) is 20.3. The third kappa shape index (κ3) is 4.55. The monoisotopic (exact) mass is 488 g/mol. The van der Waals surface area contributed by atoms with Crippen molar-refractivity contribution >= 4 is 28.3 Å². The van der Waals surface area contributed by atoms with Crippen LogP contribution in [0.2, 0.25) is 0 Å². The summed E-state index contributed by atoms with van der Waals surface area (Å²) in [5.74, 6) is 2.85. The van der Waals surface area contributed by atoms with Crippen molar-refractivity contribution in [3.05, 3.63) is 66.5 Å². The lowest BCUT2D eigenvalue weighted by molar-refractivity contribution is 0.256. The van der Waals surface area contributed by atoms with Gasteiger partial charge in [-0.05, 0) is 54.8 Å². The van der Waals surface area contributed by atoms with Crippen LogP contribution in [-0.4, -0.2) is 43.9 Å². The van der Waals surface area contributed by atoms with E-state index in [1.807, 2.05) is 36.4 Å². The van der Waals surface area contributed by atoms with E-state index in [0.29, 0.717) is 52.0 Å². The largest absolute Gasteiger partial charge is 0.497 e. The van der Waals surface area contributed by atoms with Gasteiger partial charge in [0.15, 0.2) is 11.5 Å². The van der Waals surface area contributed by atoms with E-state index in [1.165, 1.54) is 6.33 Å². The number of methoxy groups -OCH3 is 3. The van der Waals surface area contributed by atoms with Gasteiger partial charge < -0.3 is 24.3 Å². The van der Waals surface area contributed by atoms with Crippen molar-refractivity contribution in [1.29, 1.82) is 0 Å². The van der Waals surface area contributed by atoms with Gasteiger partial charge >= 0.3 is 6.03 Å². The van der Waals surface area contributed by atoms with Gasteiger partial charge in [0, 0.05) is 31.5 Å². The number of carbonyl (C=O) groups is 1. The number of nitrogens with one attached hydrogen (secondary N) is 1. The second-order valence-electron chi connectivity index (χ2n) is 8.21. The lowest BCUT2D eigenvalue weighted by Crippen LogP contribution is -2.38. The molecule has 1 aliphatic heterocycles. The Bertz CT molecular complexity index is 1430. The van der Waals surface area contributed by atoms with E-state index in [4.69, 9.17) is 18.9 Å². The molecule has 0 radical (unpaired) electrons. The first kappa shape index (κ1) is 23.2. The van der Waals surface area contributed by atoms with Crippen molar-refractivity contribution in [3.63, 3.8) is 0 Å². The van der Waals surface area contributed by atoms with E-state index in [1.54, 1.807) is 44.4 Å². The van der Waals surface area contributed by atoms with Gasteiger partial charge in [-0.3, -0.25) is 4.90 Å². The number of aromatic nitrogens is 2. The van der Waals surface area contributed by atoms with Crippen LogP contribution < -0.4 is 29.2 Å². The first-order chi connectivity index (χ1) is 17.6. The fourth-order valence-electron chi connectivity index (χ4n) is 4.29. The van der Waals surface area contributed by atoms with Gasteiger partial charge in [-0.2, -0.15) is 0 Å². The Hall–Kier alpha value is -4.53. The van der Waals surface area contributed by atoms with Gasteiger partial charge in [0.05, 0.1) is 32.2 Å². The molecule has 0 bridgehead atoms. The number of benzene rings is 3. The summed E-state index contributed by atoms with van der Waals surface area (Å²) in [7, 11) is 4.75. The highest BCUT2D eigenvalue weighted by Crippen LogP contribution is 2.37. The zero-order valence-corrected chi connectivity index (χ0v) is 20.3. The van der Waals surface area contributed by atoms with Gasteiger partial charge in [0.25, 0.3) is 0 Å². The molecule has 186 valence electrons. The number of anilines is 2. The lowest BCUT2D eigenvalue weighted by Gasteiger charge is -2.30. The number of hydrogen-bond donors (Lipinski definition) is 1. The topological polar surface area (TPSA) is 95.0 Å². The molecule has 2 heterocycles. The number of nitrogens with zero attached hydrogens (tertiary/aromatic N) is 3. The number of amides is 2. The summed E-state index contributed by atoms with van der Waals surface area (Å²) in [6.07, 6.45) is 3.13. The second kappa shape index (κ2) is 9.99. The molecule has 0 unspecified atom stereocenters. The molecule has 5 rings (SSSR count). The number of fused-ring (bicyclic) bond motifs is 2. The molecule has 0 fully saturated rings. The van der Waals surface area contributed by atoms with Gasteiger partial charge in [-0.15, -0.1) is 0 Å². The Kier molecular flexibility index (Phi) is 6.44. The molecule has 2 amide bonds. The maximum absolute atomic E-state index is 13.1. The van der Waals surface area contributed by atoms with Gasteiger partial charge in [-0.25, -0.2) is 14.8 Å². The molecule has 9 nitrogen and oxygen atoms in total. The quantitative estimate of drug-likeness (QED) is 0.373. The predicted octanol–water partition coefficient (Wildman–Crippen LogP) is 5.68. The Balaban J connectivity index is 0.00000320. The average molecular weight is 489 g/mol. The fraction of sp³-hybridized carbons (Fsp3) is 0.222. The van der Waals surface area contributed by atoms with E-state index >= 15 is 0 Å². The number of rotatable bonds is 6. The minimum atomic E-state index is -0.194. The molecular weight excluding hydrogens is 460 g/mol. The maximum atomic E-state index is 13.1. The van der Waals surface area contributed by atoms with Crippen molar-refractivity contribution in [3.8, 4) is 28.9 Å². The molecule has 0 saturated carbocycles. The summed E-state index contributed by atoms with van der Waals surface area (Å²) < 4.78 is 22.2. The van der Waals surface area contributed by atoms with Crippen LogP contribution in [0.5, 0.6) is 28.9 Å². The van der Waals surface area contributed by atoms with Crippen LogP contribution in [0, 0.1) is 0 Å². The Morgan fingerprint density at radius 3 is 2.58 bits per heavy atom. The van der Waals surface area contributed by atoms with Crippen molar-refractivity contribution < 1.29 is 25.2 Å². The Morgan fingerprint density at radius 1 is 0.944 bits per heavy atom. The van der Waals surface area contributed by atoms with Crippen molar-refractivity contribution in [1.82, 2.24) is 9.97 Å². The predicted molar refractivity (Wildman–Crippen MR) is 139 cm³/mol. The normalized spacial score (nSPS) is 12.6. The van der Waals surface area contributed by atoms with Gasteiger partial charge in [0.1, 0.15) is 17.8 Å². The molecule has 1 aromatic heterocycles. The zero-order chi connectivity index (χ0) is 25.1. The molecule has 1 aliphatic rings. The highest BCUT2D eigenvalue weighted by Gasteiger charge is 2.23. The third-order valence-electron chi connectivity index (χ3n) is 6.05. The van der Waals surface area contributed by atoms with E-state index in [0.717, 1.165) is 24.1 Å². The molecule has 36 heavy (non-hydrogen) atoms. The lowest BCUT2D eigenvalue weighted by atomic mass is 10.0. The van der Waals surface area contributed by atoms with Crippen molar-refractivity contribution in [2.75, 3.05) is 38.1 Å². The van der Waals surface area contributed by atoms with E-state index in [-0.39, 0.29) is 7.46 Å². The number of ether oxygens (including phenoxy) is 4. The fourth-order valence-corrected chi connectivity index (χ4v) is 4.29. The summed E-state index contributed by atoms with van der Waals surface area (Å²) >= 11 is 0. The van der Waals surface area contributed by atoms with Gasteiger partial charge in [0.2, 0.25) is 5.88 Å². The number of aryl methyl sites for hydroxylation is 1. The van der Waals surface area contributed by atoms with Crippen LogP contribution in [-0.2, 0) is 6.42 Å². The summed E-state index contributed by atoms with van der Waals surface area (Å²) in [5, 5.41) is 3.66.